The van der Waals surface area contributed by atoms with Gasteiger partial charge >= 0.3 is 0 Å². The van der Waals surface area contributed by atoms with Gasteiger partial charge in [0.15, 0.2) is 0 Å². The van der Waals surface area contributed by atoms with E-state index in [1.54, 1.807) is 6.07 Å². The Hall–Kier alpha value is -0.870. The Morgan fingerprint density at radius 2 is 2.05 bits per heavy atom. The molecule has 0 aromatic carbocycles. The number of nitrogens with zero attached hydrogens (tertiary/aromatic N) is 3. The second kappa shape index (κ2) is 7.65. The van der Waals surface area contributed by atoms with E-state index in [4.69, 9.17) is 11.6 Å². The maximum absolute atomic E-state index is 6.01. The summed E-state index contributed by atoms with van der Waals surface area (Å²) in [5.41, 5.74) is 0. The van der Waals surface area contributed by atoms with Crippen LogP contribution in [0.15, 0.2) is 6.07 Å². The highest BCUT2D eigenvalue weighted by molar-refractivity contribution is 6.29. The van der Waals surface area contributed by atoms with Gasteiger partial charge in [-0.25, -0.2) is 9.97 Å². The topological polar surface area (TPSA) is 41.1 Å². The first-order valence-electron chi connectivity index (χ1n) is 7.27. The number of hydrogen-bond donors (Lipinski definition) is 1. The summed E-state index contributed by atoms with van der Waals surface area (Å²) in [6, 6.07) is 1.80. The summed E-state index contributed by atoms with van der Waals surface area (Å²) in [6.45, 7) is 6.57. The third-order valence-electron chi connectivity index (χ3n) is 3.40. The predicted octanol–water partition coefficient (Wildman–Crippen LogP) is 2.98. The van der Waals surface area contributed by atoms with Gasteiger partial charge in [-0.3, -0.25) is 0 Å². The van der Waals surface area contributed by atoms with E-state index in [-0.39, 0.29) is 0 Å². The lowest BCUT2D eigenvalue weighted by Crippen LogP contribution is -2.33. The third kappa shape index (κ3) is 4.96. The van der Waals surface area contributed by atoms with Crippen molar-refractivity contribution in [2.45, 2.75) is 39.0 Å². The van der Waals surface area contributed by atoms with Gasteiger partial charge in [0, 0.05) is 25.6 Å². The molecule has 106 valence electrons. The van der Waals surface area contributed by atoms with Gasteiger partial charge in [-0.15, -0.1) is 0 Å². The minimum Gasteiger partial charge on any atom is -0.369 e. The average Bonchev–Trinajstić information content (AvgIpc) is 2.40. The van der Waals surface area contributed by atoms with Gasteiger partial charge in [-0.05, 0) is 32.4 Å². The van der Waals surface area contributed by atoms with Crippen LogP contribution in [-0.4, -0.2) is 41.0 Å². The normalized spacial score (nSPS) is 16.5. The molecule has 0 atom stereocenters. The molecular weight excluding hydrogens is 260 g/mol. The highest BCUT2D eigenvalue weighted by Gasteiger charge is 2.09. The molecule has 1 aromatic heterocycles. The molecule has 1 aromatic rings. The molecule has 5 heteroatoms. The molecule has 4 nitrogen and oxygen atoms in total. The molecule has 2 heterocycles. The van der Waals surface area contributed by atoms with Crippen molar-refractivity contribution in [1.29, 1.82) is 0 Å². The fraction of sp³-hybridized carbons (Fsp3) is 0.714. The van der Waals surface area contributed by atoms with E-state index in [2.05, 4.69) is 27.1 Å². The quantitative estimate of drug-likeness (QED) is 0.815. The van der Waals surface area contributed by atoms with Crippen molar-refractivity contribution in [3.05, 3.63) is 17.0 Å². The minimum absolute atomic E-state index is 0.527. The number of piperidine rings is 1. The standard InChI is InChI=1S/C14H23ClN4/c1-2-6-13-17-12(15)11-14(18-13)16-7-10-19-8-4-3-5-9-19/h11H,2-10H2,1H3,(H,16,17,18). The summed E-state index contributed by atoms with van der Waals surface area (Å²) in [7, 11) is 0. The van der Waals surface area contributed by atoms with Crippen LogP contribution in [0.1, 0.15) is 38.4 Å². The number of hydrogen-bond acceptors (Lipinski definition) is 4. The maximum atomic E-state index is 6.01. The molecule has 1 aliphatic heterocycles. The molecule has 19 heavy (non-hydrogen) atoms. The number of aromatic nitrogens is 2. The summed E-state index contributed by atoms with van der Waals surface area (Å²) in [5, 5.41) is 3.88. The number of likely N-dealkylation sites (tertiary alicyclic amines) is 1. The number of halogens is 1. The SMILES string of the molecule is CCCc1nc(Cl)cc(NCCN2CCCCC2)n1. The van der Waals surface area contributed by atoms with Gasteiger partial charge in [0.1, 0.15) is 16.8 Å². The minimum atomic E-state index is 0.527. The smallest absolute Gasteiger partial charge is 0.134 e. The Bertz CT molecular complexity index is 391. The Kier molecular flexibility index (Phi) is 5.86. The lowest BCUT2D eigenvalue weighted by atomic mass is 10.1. The zero-order chi connectivity index (χ0) is 13.5. The van der Waals surface area contributed by atoms with Crippen LogP contribution in [0.2, 0.25) is 5.15 Å². The first-order valence-corrected chi connectivity index (χ1v) is 7.65. The summed E-state index contributed by atoms with van der Waals surface area (Å²) in [5.74, 6) is 1.68. The van der Waals surface area contributed by atoms with Gasteiger partial charge in [0.2, 0.25) is 0 Å². The van der Waals surface area contributed by atoms with Crippen molar-refractivity contribution in [1.82, 2.24) is 14.9 Å². The molecular formula is C14H23ClN4. The molecule has 2 rings (SSSR count). The van der Waals surface area contributed by atoms with E-state index < -0.39 is 0 Å². The second-order valence-electron chi connectivity index (χ2n) is 5.07. The fourth-order valence-electron chi connectivity index (χ4n) is 2.42. The van der Waals surface area contributed by atoms with E-state index in [1.165, 1.54) is 32.4 Å². The maximum Gasteiger partial charge on any atom is 0.134 e. The zero-order valence-corrected chi connectivity index (χ0v) is 12.4. The second-order valence-corrected chi connectivity index (χ2v) is 5.46. The Labute approximate surface area is 120 Å². The van der Waals surface area contributed by atoms with E-state index in [1.807, 2.05) is 0 Å². The Morgan fingerprint density at radius 3 is 2.79 bits per heavy atom. The van der Waals surface area contributed by atoms with Crippen molar-refractivity contribution in [3.63, 3.8) is 0 Å². The predicted molar refractivity (Wildman–Crippen MR) is 79.8 cm³/mol. The first kappa shape index (κ1) is 14.5. The zero-order valence-electron chi connectivity index (χ0n) is 11.7. The number of nitrogens with one attached hydrogen (secondary N) is 1. The Morgan fingerprint density at radius 1 is 1.26 bits per heavy atom. The fourth-order valence-corrected chi connectivity index (χ4v) is 2.62. The molecule has 0 spiro atoms. The van der Waals surface area contributed by atoms with Gasteiger partial charge < -0.3 is 10.2 Å². The van der Waals surface area contributed by atoms with Crippen LogP contribution in [0.4, 0.5) is 5.82 Å². The highest BCUT2D eigenvalue weighted by atomic mass is 35.5. The lowest BCUT2D eigenvalue weighted by molar-refractivity contribution is 0.237. The molecule has 1 N–H and O–H groups in total. The summed E-state index contributed by atoms with van der Waals surface area (Å²) >= 11 is 6.01. The molecule has 1 aliphatic rings. The summed E-state index contributed by atoms with van der Waals surface area (Å²) in [4.78, 5) is 11.2. The number of rotatable bonds is 6. The molecule has 0 radical (unpaired) electrons. The van der Waals surface area contributed by atoms with Crippen molar-refractivity contribution >= 4 is 17.4 Å². The van der Waals surface area contributed by atoms with Crippen LogP contribution in [0, 0.1) is 0 Å². The number of anilines is 1. The average molecular weight is 283 g/mol. The van der Waals surface area contributed by atoms with Crippen LogP contribution < -0.4 is 5.32 Å². The molecule has 0 unspecified atom stereocenters. The summed E-state index contributed by atoms with van der Waals surface area (Å²) < 4.78 is 0. The highest BCUT2D eigenvalue weighted by Crippen LogP contribution is 2.13. The molecule has 0 bridgehead atoms. The van der Waals surface area contributed by atoms with Gasteiger partial charge in [-0.2, -0.15) is 0 Å². The molecule has 0 amide bonds. The van der Waals surface area contributed by atoms with Crippen molar-refractivity contribution in [2.24, 2.45) is 0 Å². The lowest BCUT2D eigenvalue weighted by Gasteiger charge is -2.26. The summed E-state index contributed by atoms with van der Waals surface area (Å²) in [6.07, 6.45) is 5.96. The molecule has 1 saturated heterocycles. The van der Waals surface area contributed by atoms with E-state index in [9.17, 15) is 0 Å². The van der Waals surface area contributed by atoms with E-state index in [0.717, 1.165) is 37.6 Å². The van der Waals surface area contributed by atoms with Crippen LogP contribution in [0.5, 0.6) is 0 Å². The molecule has 1 fully saturated rings. The Balaban J connectivity index is 1.81. The van der Waals surface area contributed by atoms with Crippen molar-refractivity contribution in [3.8, 4) is 0 Å². The van der Waals surface area contributed by atoms with Crippen molar-refractivity contribution in [2.75, 3.05) is 31.5 Å². The van der Waals surface area contributed by atoms with Crippen molar-refractivity contribution < 1.29 is 0 Å². The molecule has 0 aliphatic carbocycles. The largest absolute Gasteiger partial charge is 0.369 e. The van der Waals surface area contributed by atoms with E-state index >= 15 is 0 Å². The van der Waals surface area contributed by atoms with Gasteiger partial charge in [0.25, 0.3) is 0 Å². The molecule has 0 saturated carbocycles. The van der Waals surface area contributed by atoms with Crippen LogP contribution in [0.3, 0.4) is 0 Å². The van der Waals surface area contributed by atoms with Crippen LogP contribution in [-0.2, 0) is 6.42 Å². The van der Waals surface area contributed by atoms with E-state index in [0.29, 0.717) is 5.15 Å². The third-order valence-corrected chi connectivity index (χ3v) is 3.59. The number of aryl methyl sites for hydroxylation is 1. The van der Waals surface area contributed by atoms with Gasteiger partial charge in [-0.1, -0.05) is 24.9 Å². The van der Waals surface area contributed by atoms with Gasteiger partial charge in [0.05, 0.1) is 0 Å². The van der Waals surface area contributed by atoms with Crippen LogP contribution >= 0.6 is 11.6 Å². The van der Waals surface area contributed by atoms with Crippen LogP contribution in [0.25, 0.3) is 0 Å². The monoisotopic (exact) mass is 282 g/mol. The first-order chi connectivity index (χ1) is 9.28.